The molecule has 9 heteroatoms. The first kappa shape index (κ1) is 18.3. The van der Waals surface area contributed by atoms with Crippen molar-refractivity contribution in [1.82, 2.24) is 33.8 Å². The number of anilines is 2. The third-order valence-corrected chi connectivity index (χ3v) is 6.08. The third-order valence-electron chi connectivity index (χ3n) is 5.34. The lowest BCUT2D eigenvalue weighted by Crippen LogP contribution is -2.31. The van der Waals surface area contributed by atoms with Crippen molar-refractivity contribution >= 4 is 28.0 Å². The average Bonchev–Trinajstić information content (AvgIpc) is 3.48. The van der Waals surface area contributed by atoms with Crippen LogP contribution in [0.2, 0.25) is 0 Å². The standard InChI is InChI=1S/C20H24N8S/c1-14-13-28-17(15-10-22-23-11-15)12-21-20(28)19(24-14)25-18-9-16(26-29-18)5-8-27-6-3-2-4-7-27/h9-13H,2-8H2,1H3,(H,22,23)(H,24,25). The van der Waals surface area contributed by atoms with E-state index in [1.807, 2.05) is 29.9 Å². The van der Waals surface area contributed by atoms with Crippen LogP contribution in [0.5, 0.6) is 0 Å². The van der Waals surface area contributed by atoms with Crippen molar-refractivity contribution in [3.63, 3.8) is 0 Å². The van der Waals surface area contributed by atoms with E-state index in [0.29, 0.717) is 0 Å². The summed E-state index contributed by atoms with van der Waals surface area (Å²) in [6.07, 6.45) is 12.5. The van der Waals surface area contributed by atoms with E-state index in [-0.39, 0.29) is 0 Å². The fraction of sp³-hybridized carbons (Fsp3) is 0.400. The zero-order chi connectivity index (χ0) is 19.6. The number of fused-ring (bicyclic) bond motifs is 1. The van der Waals surface area contributed by atoms with Gasteiger partial charge in [0.1, 0.15) is 5.00 Å². The molecule has 4 aromatic heterocycles. The summed E-state index contributed by atoms with van der Waals surface area (Å²) in [6, 6.07) is 2.13. The minimum absolute atomic E-state index is 0.742. The van der Waals surface area contributed by atoms with E-state index in [9.17, 15) is 0 Å². The van der Waals surface area contributed by atoms with Crippen LogP contribution in [0.4, 0.5) is 10.8 Å². The number of nitrogens with zero attached hydrogens (tertiary/aromatic N) is 6. The highest BCUT2D eigenvalue weighted by Gasteiger charge is 2.14. The average molecular weight is 409 g/mol. The van der Waals surface area contributed by atoms with Crippen molar-refractivity contribution in [3.05, 3.63) is 42.2 Å². The van der Waals surface area contributed by atoms with Crippen molar-refractivity contribution < 1.29 is 0 Å². The fourth-order valence-corrected chi connectivity index (χ4v) is 4.55. The number of imidazole rings is 1. The number of H-pyrrole nitrogens is 1. The van der Waals surface area contributed by atoms with E-state index in [1.54, 1.807) is 6.20 Å². The van der Waals surface area contributed by atoms with Gasteiger partial charge in [-0.15, -0.1) is 0 Å². The van der Waals surface area contributed by atoms with Crippen LogP contribution < -0.4 is 5.32 Å². The van der Waals surface area contributed by atoms with E-state index in [4.69, 9.17) is 0 Å². The molecule has 29 heavy (non-hydrogen) atoms. The Balaban J connectivity index is 1.35. The number of nitrogens with one attached hydrogen (secondary N) is 2. The molecule has 1 aliphatic heterocycles. The highest BCUT2D eigenvalue weighted by molar-refractivity contribution is 7.10. The van der Waals surface area contributed by atoms with Crippen LogP contribution in [0.1, 0.15) is 30.7 Å². The molecule has 0 spiro atoms. The number of hydrogen-bond donors (Lipinski definition) is 2. The van der Waals surface area contributed by atoms with Gasteiger partial charge >= 0.3 is 0 Å². The molecule has 0 radical (unpaired) electrons. The maximum Gasteiger partial charge on any atom is 0.180 e. The summed E-state index contributed by atoms with van der Waals surface area (Å²) in [7, 11) is 0. The predicted molar refractivity (Wildman–Crippen MR) is 115 cm³/mol. The first-order chi connectivity index (χ1) is 14.3. The molecule has 1 fully saturated rings. The summed E-state index contributed by atoms with van der Waals surface area (Å²) in [5.74, 6) is 0.742. The van der Waals surface area contributed by atoms with Gasteiger partial charge in [-0.1, -0.05) is 6.42 Å². The second-order valence-electron chi connectivity index (χ2n) is 7.51. The molecule has 2 N–H and O–H groups in total. The van der Waals surface area contributed by atoms with Gasteiger partial charge in [0.15, 0.2) is 11.5 Å². The summed E-state index contributed by atoms with van der Waals surface area (Å²) >= 11 is 1.48. The minimum Gasteiger partial charge on any atom is -0.328 e. The molecule has 150 valence electrons. The second kappa shape index (κ2) is 7.92. The van der Waals surface area contributed by atoms with Crippen molar-refractivity contribution in [1.29, 1.82) is 0 Å². The van der Waals surface area contributed by atoms with Gasteiger partial charge in [0.25, 0.3) is 0 Å². The number of likely N-dealkylation sites (tertiary alicyclic amines) is 1. The van der Waals surface area contributed by atoms with E-state index >= 15 is 0 Å². The quantitative estimate of drug-likeness (QED) is 0.506. The molecule has 0 saturated carbocycles. The number of hydrogen-bond acceptors (Lipinski definition) is 7. The zero-order valence-electron chi connectivity index (χ0n) is 16.4. The lowest BCUT2D eigenvalue weighted by molar-refractivity contribution is 0.231. The Hall–Kier alpha value is -2.78. The Kier molecular flexibility index (Phi) is 4.99. The van der Waals surface area contributed by atoms with Crippen LogP contribution in [0.15, 0.2) is 30.9 Å². The van der Waals surface area contributed by atoms with Crippen molar-refractivity contribution in [2.75, 3.05) is 25.0 Å². The van der Waals surface area contributed by atoms with Gasteiger partial charge in [0, 0.05) is 30.9 Å². The predicted octanol–water partition coefficient (Wildman–Crippen LogP) is 3.66. The fourth-order valence-electron chi connectivity index (χ4n) is 3.86. The van der Waals surface area contributed by atoms with E-state index in [1.165, 1.54) is 43.9 Å². The van der Waals surface area contributed by atoms with Crippen LogP contribution in [0, 0.1) is 6.92 Å². The molecule has 5 rings (SSSR count). The molecular formula is C20H24N8S. The van der Waals surface area contributed by atoms with Gasteiger partial charge < -0.3 is 10.2 Å². The summed E-state index contributed by atoms with van der Waals surface area (Å²) in [4.78, 5) is 11.8. The summed E-state index contributed by atoms with van der Waals surface area (Å²) in [5, 5.41) is 11.3. The number of aromatic amines is 1. The highest BCUT2D eigenvalue weighted by atomic mass is 32.1. The van der Waals surface area contributed by atoms with Gasteiger partial charge in [0.05, 0.1) is 29.5 Å². The number of piperidine rings is 1. The summed E-state index contributed by atoms with van der Waals surface area (Å²) in [5.41, 5.74) is 4.81. The van der Waals surface area contributed by atoms with E-state index in [2.05, 4.69) is 40.8 Å². The van der Waals surface area contributed by atoms with Crippen LogP contribution in [0.3, 0.4) is 0 Å². The molecule has 0 aliphatic carbocycles. The molecule has 5 heterocycles. The number of aromatic nitrogens is 6. The Morgan fingerprint density at radius 2 is 2.10 bits per heavy atom. The maximum absolute atomic E-state index is 4.67. The van der Waals surface area contributed by atoms with Crippen molar-refractivity contribution in [2.24, 2.45) is 0 Å². The van der Waals surface area contributed by atoms with Gasteiger partial charge in [0.2, 0.25) is 0 Å². The molecule has 0 bridgehead atoms. The van der Waals surface area contributed by atoms with Crippen LogP contribution in [-0.4, -0.2) is 53.5 Å². The number of rotatable bonds is 6. The molecule has 1 aliphatic rings. The monoisotopic (exact) mass is 408 g/mol. The van der Waals surface area contributed by atoms with Gasteiger partial charge in [-0.05, 0) is 50.5 Å². The minimum atomic E-state index is 0.742. The lowest BCUT2D eigenvalue weighted by Gasteiger charge is -2.25. The molecule has 8 nitrogen and oxygen atoms in total. The smallest absolute Gasteiger partial charge is 0.180 e. The SMILES string of the molecule is Cc1cn2c(-c3cn[nH]c3)cnc2c(Nc2cc(CCN3CCCCC3)ns2)n1. The van der Waals surface area contributed by atoms with Gasteiger partial charge in [-0.2, -0.15) is 9.47 Å². The van der Waals surface area contributed by atoms with Crippen LogP contribution in [-0.2, 0) is 6.42 Å². The van der Waals surface area contributed by atoms with Crippen molar-refractivity contribution in [3.8, 4) is 11.3 Å². The largest absolute Gasteiger partial charge is 0.328 e. The Morgan fingerprint density at radius 1 is 1.21 bits per heavy atom. The first-order valence-corrected chi connectivity index (χ1v) is 10.8. The third kappa shape index (κ3) is 3.88. The van der Waals surface area contributed by atoms with Crippen LogP contribution in [0.25, 0.3) is 16.9 Å². The van der Waals surface area contributed by atoms with E-state index < -0.39 is 0 Å². The summed E-state index contributed by atoms with van der Waals surface area (Å²) < 4.78 is 6.68. The molecule has 0 unspecified atom stereocenters. The molecular weight excluding hydrogens is 384 g/mol. The molecule has 0 amide bonds. The molecule has 4 aromatic rings. The van der Waals surface area contributed by atoms with Crippen LogP contribution >= 0.6 is 11.5 Å². The Bertz CT molecular complexity index is 1090. The Morgan fingerprint density at radius 3 is 2.93 bits per heavy atom. The normalized spacial score (nSPS) is 15.2. The van der Waals surface area contributed by atoms with Crippen molar-refractivity contribution in [2.45, 2.75) is 32.6 Å². The zero-order valence-corrected chi connectivity index (χ0v) is 17.2. The number of aryl methyl sites for hydroxylation is 1. The van der Waals surface area contributed by atoms with Gasteiger partial charge in [-0.3, -0.25) is 9.50 Å². The molecule has 0 aromatic carbocycles. The van der Waals surface area contributed by atoms with Gasteiger partial charge in [-0.25, -0.2) is 9.97 Å². The topological polar surface area (TPSA) is 87.0 Å². The highest BCUT2D eigenvalue weighted by Crippen LogP contribution is 2.27. The first-order valence-electron chi connectivity index (χ1n) is 10.0. The molecule has 1 saturated heterocycles. The lowest BCUT2D eigenvalue weighted by atomic mass is 10.1. The van der Waals surface area contributed by atoms with E-state index in [0.717, 1.165) is 52.1 Å². The molecule has 0 atom stereocenters. The maximum atomic E-state index is 4.67. The summed E-state index contributed by atoms with van der Waals surface area (Å²) in [6.45, 7) is 5.52. The Labute approximate surface area is 173 Å². The second-order valence-corrected chi connectivity index (χ2v) is 8.32.